The molecule has 0 spiro atoms. The molecule has 1 aromatic heterocycles. The van der Waals surface area contributed by atoms with Crippen molar-refractivity contribution in [2.75, 3.05) is 19.7 Å². The number of ether oxygens (including phenoxy) is 1. The van der Waals surface area contributed by atoms with Crippen LogP contribution in [0.2, 0.25) is 0 Å². The molecule has 28 heavy (non-hydrogen) atoms. The van der Waals surface area contributed by atoms with Crippen molar-refractivity contribution in [3.63, 3.8) is 0 Å². The van der Waals surface area contributed by atoms with Crippen LogP contribution in [0.25, 0.3) is 11.0 Å². The van der Waals surface area contributed by atoms with Crippen LogP contribution in [0, 0.1) is 0 Å². The van der Waals surface area contributed by atoms with E-state index in [9.17, 15) is 0 Å². The third-order valence-corrected chi connectivity index (χ3v) is 4.23. The highest BCUT2D eigenvalue weighted by Crippen LogP contribution is 2.14. The molecule has 3 aromatic rings. The summed E-state index contributed by atoms with van der Waals surface area (Å²) in [7, 11) is 2.03. The van der Waals surface area contributed by atoms with Gasteiger partial charge in [0.1, 0.15) is 18.1 Å². The summed E-state index contributed by atoms with van der Waals surface area (Å²) >= 11 is 0. The molecule has 0 aliphatic carbocycles. The van der Waals surface area contributed by atoms with Crippen LogP contribution in [0.4, 0.5) is 0 Å². The van der Waals surface area contributed by atoms with Gasteiger partial charge in [-0.15, -0.1) is 24.0 Å². The minimum Gasteiger partial charge on any atom is -0.494 e. The molecule has 2 N–H and O–H groups in total. The molecular formula is C21H28IN5O. The van der Waals surface area contributed by atoms with E-state index in [1.807, 2.05) is 55.6 Å². The summed E-state index contributed by atoms with van der Waals surface area (Å²) in [5.41, 5.74) is 2.12. The number of rotatable bonds is 8. The van der Waals surface area contributed by atoms with E-state index in [-0.39, 0.29) is 24.0 Å². The van der Waals surface area contributed by atoms with E-state index in [2.05, 4.69) is 38.2 Å². The number of fused-ring (bicyclic) bond motifs is 1. The van der Waals surface area contributed by atoms with Crippen molar-refractivity contribution in [3.8, 4) is 5.75 Å². The van der Waals surface area contributed by atoms with Crippen LogP contribution in [-0.2, 0) is 13.6 Å². The first-order chi connectivity index (χ1) is 13.3. The number of aromatic nitrogens is 2. The number of aryl methyl sites for hydroxylation is 1. The Hall–Kier alpha value is -2.29. The number of benzene rings is 2. The summed E-state index contributed by atoms with van der Waals surface area (Å²) in [5, 5.41) is 6.63. The molecule has 0 saturated heterocycles. The number of para-hydroxylation sites is 3. The Kier molecular flexibility index (Phi) is 9.06. The normalized spacial score (nSPS) is 11.1. The van der Waals surface area contributed by atoms with E-state index in [1.54, 1.807) is 0 Å². The summed E-state index contributed by atoms with van der Waals surface area (Å²) in [6.07, 6.45) is 0.894. The summed E-state index contributed by atoms with van der Waals surface area (Å²) in [4.78, 5) is 9.33. The number of guanidine groups is 1. The van der Waals surface area contributed by atoms with Gasteiger partial charge >= 0.3 is 0 Å². The van der Waals surface area contributed by atoms with Crippen LogP contribution in [0.5, 0.6) is 5.75 Å². The first-order valence-electron chi connectivity index (χ1n) is 9.38. The number of aliphatic imine (C=N–C) groups is 1. The van der Waals surface area contributed by atoms with Gasteiger partial charge < -0.3 is 19.9 Å². The maximum absolute atomic E-state index is 5.71. The Morgan fingerprint density at radius 2 is 1.82 bits per heavy atom. The van der Waals surface area contributed by atoms with Crippen LogP contribution in [0.15, 0.2) is 59.6 Å². The molecule has 0 aliphatic rings. The SMILES string of the molecule is CCNC(=NCc1nc2ccccc2n1C)NCCCOc1ccccc1.I. The Bertz CT molecular complexity index is 879. The van der Waals surface area contributed by atoms with E-state index < -0.39 is 0 Å². The molecule has 0 amide bonds. The number of hydrogen-bond donors (Lipinski definition) is 2. The molecule has 2 aromatic carbocycles. The number of hydrogen-bond acceptors (Lipinski definition) is 3. The molecule has 6 nitrogen and oxygen atoms in total. The lowest BCUT2D eigenvalue weighted by Crippen LogP contribution is -2.38. The monoisotopic (exact) mass is 493 g/mol. The lowest BCUT2D eigenvalue weighted by Gasteiger charge is -2.11. The average molecular weight is 493 g/mol. The van der Waals surface area contributed by atoms with Crippen LogP contribution in [0.1, 0.15) is 19.2 Å². The number of nitrogens with zero attached hydrogens (tertiary/aromatic N) is 3. The predicted molar refractivity (Wildman–Crippen MR) is 126 cm³/mol. The zero-order valence-electron chi connectivity index (χ0n) is 16.4. The van der Waals surface area contributed by atoms with Crippen molar-refractivity contribution in [1.29, 1.82) is 0 Å². The zero-order valence-corrected chi connectivity index (χ0v) is 18.7. The van der Waals surface area contributed by atoms with E-state index >= 15 is 0 Å². The summed E-state index contributed by atoms with van der Waals surface area (Å²) in [5.74, 6) is 2.64. The second-order valence-electron chi connectivity index (χ2n) is 6.21. The quantitative estimate of drug-likeness (QED) is 0.217. The van der Waals surface area contributed by atoms with E-state index in [4.69, 9.17) is 4.74 Å². The van der Waals surface area contributed by atoms with Gasteiger partial charge in [0.25, 0.3) is 0 Å². The molecule has 0 radical (unpaired) electrons. The Morgan fingerprint density at radius 3 is 2.57 bits per heavy atom. The second kappa shape index (κ2) is 11.5. The lowest BCUT2D eigenvalue weighted by molar-refractivity contribution is 0.311. The Balaban J connectivity index is 0.00000280. The van der Waals surface area contributed by atoms with Crippen LogP contribution in [-0.4, -0.2) is 35.2 Å². The van der Waals surface area contributed by atoms with Gasteiger partial charge in [-0.25, -0.2) is 9.98 Å². The largest absolute Gasteiger partial charge is 0.494 e. The summed E-state index contributed by atoms with van der Waals surface area (Å²) < 4.78 is 7.81. The number of halogens is 1. The first kappa shape index (κ1) is 22.0. The first-order valence-corrected chi connectivity index (χ1v) is 9.38. The van der Waals surface area contributed by atoms with E-state index in [0.717, 1.165) is 48.1 Å². The lowest BCUT2D eigenvalue weighted by atomic mass is 10.3. The summed E-state index contributed by atoms with van der Waals surface area (Å²) in [6.45, 7) is 4.86. The fourth-order valence-electron chi connectivity index (χ4n) is 2.81. The van der Waals surface area contributed by atoms with Crippen molar-refractivity contribution in [2.24, 2.45) is 12.0 Å². The molecule has 1 heterocycles. The highest BCUT2D eigenvalue weighted by atomic mass is 127. The minimum atomic E-state index is 0. The van der Waals surface area contributed by atoms with Gasteiger partial charge in [0.05, 0.1) is 17.6 Å². The zero-order chi connectivity index (χ0) is 18.9. The van der Waals surface area contributed by atoms with Gasteiger partial charge in [-0.3, -0.25) is 0 Å². The van der Waals surface area contributed by atoms with Crippen molar-refractivity contribution >= 4 is 41.0 Å². The molecule has 0 unspecified atom stereocenters. The molecule has 0 saturated carbocycles. The fourth-order valence-corrected chi connectivity index (χ4v) is 2.81. The number of nitrogens with one attached hydrogen (secondary N) is 2. The Labute approximate surface area is 183 Å². The molecule has 0 bridgehead atoms. The topological polar surface area (TPSA) is 63.5 Å². The molecule has 0 atom stereocenters. The highest BCUT2D eigenvalue weighted by Gasteiger charge is 2.06. The molecule has 7 heteroatoms. The highest BCUT2D eigenvalue weighted by molar-refractivity contribution is 14.0. The van der Waals surface area contributed by atoms with Gasteiger partial charge in [0, 0.05) is 20.1 Å². The molecule has 0 fully saturated rings. The maximum Gasteiger partial charge on any atom is 0.191 e. The van der Waals surface area contributed by atoms with Gasteiger partial charge in [-0.1, -0.05) is 30.3 Å². The smallest absolute Gasteiger partial charge is 0.191 e. The third-order valence-electron chi connectivity index (χ3n) is 4.23. The standard InChI is InChI=1S/C21H27N5O.HI/c1-3-22-21(23-14-9-15-27-17-10-5-4-6-11-17)24-16-20-25-18-12-7-8-13-19(18)26(20)2;/h4-8,10-13H,3,9,14-16H2,1-2H3,(H2,22,23,24);1H. The van der Waals surface area contributed by atoms with E-state index in [0.29, 0.717) is 13.2 Å². The van der Waals surface area contributed by atoms with Crippen LogP contribution in [0.3, 0.4) is 0 Å². The average Bonchev–Trinajstić information content (AvgIpc) is 3.02. The van der Waals surface area contributed by atoms with Crippen molar-refractivity contribution in [3.05, 3.63) is 60.4 Å². The van der Waals surface area contributed by atoms with Gasteiger partial charge in [0.15, 0.2) is 5.96 Å². The predicted octanol–water partition coefficient (Wildman–Crippen LogP) is 3.72. The van der Waals surface area contributed by atoms with E-state index in [1.165, 1.54) is 0 Å². The van der Waals surface area contributed by atoms with Gasteiger partial charge in [0.2, 0.25) is 0 Å². The maximum atomic E-state index is 5.71. The summed E-state index contributed by atoms with van der Waals surface area (Å²) in [6, 6.07) is 18.0. The molecule has 3 rings (SSSR count). The van der Waals surface area contributed by atoms with Crippen molar-refractivity contribution in [1.82, 2.24) is 20.2 Å². The van der Waals surface area contributed by atoms with Gasteiger partial charge in [-0.2, -0.15) is 0 Å². The molecule has 0 aliphatic heterocycles. The second-order valence-corrected chi connectivity index (χ2v) is 6.21. The number of imidazole rings is 1. The Morgan fingerprint density at radius 1 is 1.07 bits per heavy atom. The van der Waals surface area contributed by atoms with Gasteiger partial charge in [-0.05, 0) is 37.6 Å². The minimum absolute atomic E-state index is 0. The molecular weight excluding hydrogens is 465 g/mol. The fraction of sp³-hybridized carbons (Fsp3) is 0.333. The van der Waals surface area contributed by atoms with Crippen molar-refractivity contribution in [2.45, 2.75) is 19.9 Å². The molecule has 150 valence electrons. The van der Waals surface area contributed by atoms with Crippen LogP contribution >= 0.6 is 24.0 Å². The third kappa shape index (κ3) is 6.12. The van der Waals surface area contributed by atoms with Crippen molar-refractivity contribution < 1.29 is 4.74 Å². The van der Waals surface area contributed by atoms with Crippen LogP contribution < -0.4 is 15.4 Å².